The van der Waals surface area contributed by atoms with Crippen molar-refractivity contribution in [2.45, 2.75) is 12.3 Å². The first-order chi connectivity index (χ1) is 9.58. The van der Waals surface area contributed by atoms with Crippen molar-refractivity contribution < 1.29 is 9.18 Å². The third-order valence-corrected chi connectivity index (χ3v) is 3.45. The van der Waals surface area contributed by atoms with Gasteiger partial charge in [-0.1, -0.05) is 36.4 Å². The Labute approximate surface area is 122 Å². The molecule has 104 valence electrons. The van der Waals surface area contributed by atoms with Crippen LogP contribution in [-0.4, -0.2) is 12.5 Å². The van der Waals surface area contributed by atoms with Crippen LogP contribution in [0.1, 0.15) is 26.9 Å². The van der Waals surface area contributed by atoms with Crippen LogP contribution in [0.25, 0.3) is 0 Å². The van der Waals surface area contributed by atoms with Gasteiger partial charge in [-0.2, -0.15) is 0 Å². The van der Waals surface area contributed by atoms with Crippen LogP contribution in [0.3, 0.4) is 0 Å². The number of carbonyl (C=O) groups is 1. The lowest BCUT2D eigenvalue weighted by molar-refractivity contribution is 0.0952. The van der Waals surface area contributed by atoms with E-state index in [-0.39, 0.29) is 11.3 Å². The summed E-state index contributed by atoms with van der Waals surface area (Å²) < 4.78 is 13.2. The third kappa shape index (κ3) is 3.58. The molecular weight excluding hydrogens is 277 g/mol. The summed E-state index contributed by atoms with van der Waals surface area (Å²) in [6.45, 7) is 2.06. The van der Waals surface area contributed by atoms with Crippen molar-refractivity contribution in [2.75, 3.05) is 6.54 Å². The fraction of sp³-hybridized carbons (Fsp3) is 0.188. The van der Waals surface area contributed by atoms with Crippen LogP contribution >= 0.6 is 11.6 Å². The second kappa shape index (κ2) is 6.53. The average molecular weight is 292 g/mol. The molecule has 1 N–H and O–H groups in total. The van der Waals surface area contributed by atoms with Crippen molar-refractivity contribution in [3.8, 4) is 0 Å². The predicted molar refractivity (Wildman–Crippen MR) is 78.5 cm³/mol. The predicted octanol–water partition coefficient (Wildman–Crippen LogP) is 3.84. The SMILES string of the molecule is Cc1ccc(F)cc1C(=O)NCC(Cl)c1ccccc1. The first kappa shape index (κ1) is 14.5. The maximum Gasteiger partial charge on any atom is 0.251 e. The number of carbonyl (C=O) groups excluding carboxylic acids is 1. The number of aryl methyl sites for hydroxylation is 1. The summed E-state index contributed by atoms with van der Waals surface area (Å²) in [5.41, 5.74) is 2.00. The molecule has 0 aliphatic carbocycles. The Balaban J connectivity index is 2.00. The van der Waals surface area contributed by atoms with Gasteiger partial charge in [-0.15, -0.1) is 11.6 Å². The number of nitrogens with one attached hydrogen (secondary N) is 1. The fourth-order valence-electron chi connectivity index (χ4n) is 1.90. The van der Waals surface area contributed by atoms with E-state index in [0.29, 0.717) is 12.1 Å². The van der Waals surface area contributed by atoms with E-state index in [2.05, 4.69) is 5.32 Å². The Morgan fingerprint density at radius 3 is 2.65 bits per heavy atom. The molecule has 0 radical (unpaired) electrons. The molecule has 1 unspecified atom stereocenters. The van der Waals surface area contributed by atoms with Crippen LogP contribution in [0, 0.1) is 12.7 Å². The highest BCUT2D eigenvalue weighted by atomic mass is 35.5. The van der Waals surface area contributed by atoms with Gasteiger partial charge in [0.2, 0.25) is 0 Å². The first-order valence-electron chi connectivity index (χ1n) is 6.31. The highest BCUT2D eigenvalue weighted by molar-refractivity contribution is 6.21. The summed E-state index contributed by atoms with van der Waals surface area (Å²) in [4.78, 5) is 12.0. The second-order valence-corrected chi connectivity index (χ2v) is 5.07. The van der Waals surface area contributed by atoms with Crippen LogP contribution in [0.2, 0.25) is 0 Å². The van der Waals surface area contributed by atoms with Gasteiger partial charge in [-0.05, 0) is 30.2 Å². The molecule has 1 amide bonds. The molecule has 2 nitrogen and oxygen atoms in total. The minimum atomic E-state index is -0.425. The molecule has 2 rings (SSSR count). The molecule has 0 bridgehead atoms. The number of alkyl halides is 1. The van der Waals surface area contributed by atoms with E-state index >= 15 is 0 Å². The summed E-state index contributed by atoms with van der Waals surface area (Å²) in [5.74, 6) is -0.741. The van der Waals surface area contributed by atoms with Crippen LogP contribution in [-0.2, 0) is 0 Å². The molecule has 20 heavy (non-hydrogen) atoms. The zero-order chi connectivity index (χ0) is 14.5. The lowest BCUT2D eigenvalue weighted by Crippen LogP contribution is -2.27. The minimum absolute atomic E-state index is 0.292. The largest absolute Gasteiger partial charge is 0.350 e. The molecular formula is C16H15ClFNO. The molecule has 0 heterocycles. The Morgan fingerprint density at radius 1 is 1.25 bits per heavy atom. The van der Waals surface area contributed by atoms with Crippen molar-refractivity contribution in [2.24, 2.45) is 0 Å². The molecule has 0 aliphatic heterocycles. The summed E-state index contributed by atoms with van der Waals surface area (Å²) in [7, 11) is 0. The zero-order valence-corrected chi connectivity index (χ0v) is 11.8. The number of hydrogen-bond donors (Lipinski definition) is 1. The van der Waals surface area contributed by atoms with Gasteiger partial charge in [0.05, 0.1) is 5.38 Å². The van der Waals surface area contributed by atoms with Crippen LogP contribution in [0.5, 0.6) is 0 Å². The van der Waals surface area contributed by atoms with Crippen molar-refractivity contribution in [1.29, 1.82) is 0 Å². The highest BCUT2D eigenvalue weighted by Crippen LogP contribution is 2.19. The maximum absolute atomic E-state index is 13.2. The first-order valence-corrected chi connectivity index (χ1v) is 6.75. The van der Waals surface area contributed by atoms with Crippen molar-refractivity contribution in [3.63, 3.8) is 0 Å². The van der Waals surface area contributed by atoms with Gasteiger partial charge in [0, 0.05) is 12.1 Å². The number of rotatable bonds is 4. The molecule has 0 spiro atoms. The molecule has 0 aromatic heterocycles. The lowest BCUT2D eigenvalue weighted by atomic mass is 10.1. The number of hydrogen-bond acceptors (Lipinski definition) is 1. The standard InChI is InChI=1S/C16H15ClFNO/c1-11-7-8-13(18)9-14(11)16(20)19-10-15(17)12-5-3-2-4-6-12/h2-9,15H,10H2,1H3,(H,19,20). The van der Waals surface area contributed by atoms with Gasteiger partial charge in [-0.3, -0.25) is 4.79 Å². The highest BCUT2D eigenvalue weighted by Gasteiger charge is 2.13. The Bertz CT molecular complexity index is 601. The maximum atomic E-state index is 13.2. The average Bonchev–Trinajstić information content (AvgIpc) is 2.47. The van der Waals surface area contributed by atoms with Crippen molar-refractivity contribution in [1.82, 2.24) is 5.32 Å². The van der Waals surface area contributed by atoms with Crippen LogP contribution in [0.15, 0.2) is 48.5 Å². The van der Waals surface area contributed by atoms with Crippen molar-refractivity contribution in [3.05, 3.63) is 71.0 Å². The monoisotopic (exact) mass is 291 g/mol. The number of amides is 1. The lowest BCUT2D eigenvalue weighted by Gasteiger charge is -2.12. The number of halogens is 2. The van der Waals surface area contributed by atoms with E-state index in [1.807, 2.05) is 30.3 Å². The summed E-state index contributed by atoms with van der Waals surface area (Å²) in [5, 5.41) is 2.42. The van der Waals surface area contributed by atoms with Gasteiger partial charge in [0.25, 0.3) is 5.91 Å². The number of benzene rings is 2. The second-order valence-electron chi connectivity index (χ2n) is 4.55. The van der Waals surface area contributed by atoms with Gasteiger partial charge in [-0.25, -0.2) is 4.39 Å². The Kier molecular flexibility index (Phi) is 4.74. The molecule has 2 aromatic carbocycles. The third-order valence-electron chi connectivity index (χ3n) is 3.05. The van der Waals surface area contributed by atoms with Crippen LogP contribution in [0.4, 0.5) is 4.39 Å². The van der Waals surface area contributed by atoms with Gasteiger partial charge < -0.3 is 5.32 Å². The van der Waals surface area contributed by atoms with E-state index < -0.39 is 5.82 Å². The molecule has 1 atom stereocenters. The molecule has 0 aliphatic rings. The molecule has 4 heteroatoms. The van der Waals surface area contributed by atoms with E-state index in [4.69, 9.17) is 11.6 Å². The van der Waals surface area contributed by atoms with E-state index in [1.165, 1.54) is 12.1 Å². The smallest absolute Gasteiger partial charge is 0.251 e. The Hall–Kier alpha value is -1.87. The van der Waals surface area contributed by atoms with Gasteiger partial charge in [0.1, 0.15) is 5.82 Å². The zero-order valence-electron chi connectivity index (χ0n) is 11.1. The van der Waals surface area contributed by atoms with Gasteiger partial charge in [0.15, 0.2) is 0 Å². The summed E-state index contributed by atoms with van der Waals surface area (Å²) >= 11 is 6.22. The molecule has 2 aromatic rings. The quantitative estimate of drug-likeness (QED) is 0.852. The van der Waals surface area contributed by atoms with Crippen molar-refractivity contribution >= 4 is 17.5 Å². The summed E-state index contributed by atoms with van der Waals surface area (Å²) in [6.07, 6.45) is 0. The van der Waals surface area contributed by atoms with Crippen LogP contribution < -0.4 is 5.32 Å². The fourth-order valence-corrected chi connectivity index (χ4v) is 2.12. The van der Waals surface area contributed by atoms with E-state index in [9.17, 15) is 9.18 Å². The van der Waals surface area contributed by atoms with E-state index in [0.717, 1.165) is 11.1 Å². The topological polar surface area (TPSA) is 29.1 Å². The molecule has 0 saturated heterocycles. The molecule has 0 fully saturated rings. The summed E-state index contributed by atoms with van der Waals surface area (Å²) in [6, 6.07) is 13.6. The van der Waals surface area contributed by atoms with E-state index in [1.54, 1.807) is 13.0 Å². The van der Waals surface area contributed by atoms with Gasteiger partial charge >= 0.3 is 0 Å². The molecule has 0 saturated carbocycles. The Morgan fingerprint density at radius 2 is 1.95 bits per heavy atom. The normalized spacial score (nSPS) is 11.9. The minimum Gasteiger partial charge on any atom is -0.350 e.